The first-order chi connectivity index (χ1) is 11.7. The summed E-state index contributed by atoms with van der Waals surface area (Å²) in [4.78, 5) is 6.39. The van der Waals surface area contributed by atoms with Crippen LogP contribution in [0.5, 0.6) is 5.75 Å². The summed E-state index contributed by atoms with van der Waals surface area (Å²) in [5, 5.41) is 6.65. The summed E-state index contributed by atoms with van der Waals surface area (Å²) in [6.07, 6.45) is 1.70. The second kappa shape index (κ2) is 8.98. The molecular formula is C18H26N4O2. The van der Waals surface area contributed by atoms with Crippen molar-refractivity contribution >= 4 is 5.96 Å². The van der Waals surface area contributed by atoms with Gasteiger partial charge >= 0.3 is 0 Å². The summed E-state index contributed by atoms with van der Waals surface area (Å²) in [5.41, 5.74) is 1.08. The molecule has 0 amide bonds. The molecule has 1 heterocycles. The van der Waals surface area contributed by atoms with E-state index in [1.807, 2.05) is 50.5 Å². The highest BCUT2D eigenvalue weighted by Gasteiger charge is 2.17. The predicted molar refractivity (Wildman–Crippen MR) is 96.3 cm³/mol. The third kappa shape index (κ3) is 4.76. The lowest BCUT2D eigenvalue weighted by atomic mass is 10.2. The van der Waals surface area contributed by atoms with E-state index >= 15 is 0 Å². The Kier molecular flexibility index (Phi) is 6.69. The number of para-hydroxylation sites is 1. The van der Waals surface area contributed by atoms with Crippen molar-refractivity contribution in [1.82, 2.24) is 15.5 Å². The summed E-state index contributed by atoms with van der Waals surface area (Å²) < 4.78 is 10.9. The second-order valence-corrected chi connectivity index (χ2v) is 5.61. The molecule has 1 aromatic carbocycles. The molecule has 1 aromatic heterocycles. The lowest BCUT2D eigenvalue weighted by Crippen LogP contribution is -2.41. The summed E-state index contributed by atoms with van der Waals surface area (Å²) in [6.45, 7) is 1.32. The number of aliphatic imine (C=N–C) groups is 1. The molecule has 0 spiro atoms. The first-order valence-electron chi connectivity index (χ1n) is 7.92. The topological polar surface area (TPSA) is 62.0 Å². The number of nitrogens with one attached hydrogen (secondary N) is 2. The Morgan fingerprint density at radius 3 is 2.62 bits per heavy atom. The van der Waals surface area contributed by atoms with Gasteiger partial charge in [0.1, 0.15) is 11.5 Å². The highest BCUT2D eigenvalue weighted by Crippen LogP contribution is 2.18. The van der Waals surface area contributed by atoms with Crippen molar-refractivity contribution in [2.24, 2.45) is 4.99 Å². The minimum atomic E-state index is 0.129. The Bertz CT molecular complexity index is 638. The van der Waals surface area contributed by atoms with E-state index in [0.29, 0.717) is 13.1 Å². The van der Waals surface area contributed by atoms with Gasteiger partial charge in [-0.2, -0.15) is 0 Å². The smallest absolute Gasteiger partial charge is 0.191 e. The molecule has 1 atom stereocenters. The minimum absolute atomic E-state index is 0.129. The number of methoxy groups -OCH3 is 1. The van der Waals surface area contributed by atoms with Crippen molar-refractivity contribution < 1.29 is 9.15 Å². The molecule has 0 saturated heterocycles. The van der Waals surface area contributed by atoms with Crippen molar-refractivity contribution in [3.05, 3.63) is 54.0 Å². The van der Waals surface area contributed by atoms with E-state index in [1.165, 1.54) is 0 Å². The van der Waals surface area contributed by atoms with Gasteiger partial charge in [0.15, 0.2) is 5.96 Å². The Morgan fingerprint density at radius 1 is 1.21 bits per heavy atom. The zero-order valence-electron chi connectivity index (χ0n) is 14.7. The van der Waals surface area contributed by atoms with Crippen molar-refractivity contribution in [1.29, 1.82) is 0 Å². The zero-order valence-corrected chi connectivity index (χ0v) is 14.7. The largest absolute Gasteiger partial charge is 0.496 e. The molecule has 0 saturated carbocycles. The molecule has 6 heteroatoms. The molecule has 130 valence electrons. The minimum Gasteiger partial charge on any atom is -0.496 e. The fourth-order valence-corrected chi connectivity index (χ4v) is 2.46. The number of furan rings is 1. The number of hydrogen-bond acceptors (Lipinski definition) is 4. The molecule has 0 fully saturated rings. The molecule has 2 aromatic rings. The van der Waals surface area contributed by atoms with Crippen molar-refractivity contribution in [2.75, 3.05) is 34.8 Å². The van der Waals surface area contributed by atoms with Gasteiger partial charge in [0.05, 0.1) is 19.4 Å². The number of likely N-dealkylation sites (N-methyl/N-ethyl adjacent to an activating group) is 1. The van der Waals surface area contributed by atoms with Gasteiger partial charge in [-0.1, -0.05) is 18.2 Å². The Labute approximate surface area is 143 Å². The number of ether oxygens (including phenoxy) is 1. The van der Waals surface area contributed by atoms with Crippen molar-refractivity contribution in [3.8, 4) is 5.75 Å². The Morgan fingerprint density at radius 2 is 2.00 bits per heavy atom. The van der Waals surface area contributed by atoms with Crippen LogP contribution in [0.1, 0.15) is 17.4 Å². The third-order valence-electron chi connectivity index (χ3n) is 3.82. The Hall–Kier alpha value is -2.47. The van der Waals surface area contributed by atoms with E-state index in [1.54, 1.807) is 20.4 Å². The van der Waals surface area contributed by atoms with E-state index in [2.05, 4.69) is 20.5 Å². The maximum absolute atomic E-state index is 5.52. The average molecular weight is 330 g/mol. The van der Waals surface area contributed by atoms with E-state index in [0.717, 1.165) is 23.0 Å². The highest BCUT2D eigenvalue weighted by atomic mass is 16.5. The summed E-state index contributed by atoms with van der Waals surface area (Å²) in [7, 11) is 7.49. The molecule has 1 unspecified atom stereocenters. The van der Waals surface area contributed by atoms with Crippen LogP contribution in [0.3, 0.4) is 0 Å². The van der Waals surface area contributed by atoms with Crippen LogP contribution in [-0.4, -0.2) is 45.7 Å². The SMILES string of the molecule is CN=C(NCc1ccccc1OC)NCC(c1ccco1)N(C)C. The molecule has 0 aliphatic rings. The maximum atomic E-state index is 5.52. The normalized spacial score (nSPS) is 13.0. The van der Waals surface area contributed by atoms with Gasteiger partial charge in [-0.15, -0.1) is 0 Å². The summed E-state index contributed by atoms with van der Waals surface area (Å²) >= 11 is 0. The van der Waals surface area contributed by atoms with Gasteiger partial charge in [-0.05, 0) is 32.3 Å². The van der Waals surface area contributed by atoms with Crippen molar-refractivity contribution in [3.63, 3.8) is 0 Å². The van der Waals surface area contributed by atoms with Crippen molar-refractivity contribution in [2.45, 2.75) is 12.6 Å². The first-order valence-corrected chi connectivity index (χ1v) is 7.92. The summed E-state index contributed by atoms with van der Waals surface area (Å²) in [5.74, 6) is 2.52. The van der Waals surface area contributed by atoms with E-state index in [-0.39, 0.29) is 6.04 Å². The number of nitrogens with zero attached hydrogens (tertiary/aromatic N) is 2. The van der Waals surface area contributed by atoms with Gasteiger partial charge < -0.3 is 19.8 Å². The maximum Gasteiger partial charge on any atom is 0.191 e. The third-order valence-corrected chi connectivity index (χ3v) is 3.82. The molecule has 0 aliphatic heterocycles. The molecule has 2 N–H and O–H groups in total. The molecular weight excluding hydrogens is 304 g/mol. The lowest BCUT2D eigenvalue weighted by molar-refractivity contribution is 0.258. The van der Waals surface area contributed by atoms with Gasteiger partial charge in [0.25, 0.3) is 0 Å². The lowest BCUT2D eigenvalue weighted by Gasteiger charge is -2.23. The van der Waals surface area contributed by atoms with Gasteiger partial charge in [0, 0.05) is 25.7 Å². The van der Waals surface area contributed by atoms with E-state index < -0.39 is 0 Å². The van der Waals surface area contributed by atoms with E-state index in [4.69, 9.17) is 9.15 Å². The average Bonchev–Trinajstić information content (AvgIpc) is 3.12. The number of rotatable bonds is 7. The molecule has 0 bridgehead atoms. The standard InChI is InChI=1S/C18H26N4O2/c1-19-18(20-12-14-8-5-6-9-16(14)23-4)21-13-15(22(2)3)17-10-7-11-24-17/h5-11,15H,12-13H2,1-4H3,(H2,19,20,21). The summed E-state index contributed by atoms with van der Waals surface area (Å²) in [6, 6.07) is 12.0. The predicted octanol–water partition coefficient (Wildman–Crippen LogP) is 2.26. The molecule has 6 nitrogen and oxygen atoms in total. The number of hydrogen-bond donors (Lipinski definition) is 2. The fourth-order valence-electron chi connectivity index (χ4n) is 2.46. The first kappa shape index (κ1) is 17.9. The van der Waals surface area contributed by atoms with Gasteiger partial charge in [-0.3, -0.25) is 9.89 Å². The highest BCUT2D eigenvalue weighted by molar-refractivity contribution is 5.79. The van der Waals surface area contributed by atoms with Crippen LogP contribution in [-0.2, 0) is 6.54 Å². The van der Waals surface area contributed by atoms with Crippen LogP contribution < -0.4 is 15.4 Å². The second-order valence-electron chi connectivity index (χ2n) is 5.61. The molecule has 0 aliphatic carbocycles. The van der Waals surface area contributed by atoms with Crippen LogP contribution >= 0.6 is 0 Å². The van der Waals surface area contributed by atoms with Crippen LogP contribution in [0.25, 0.3) is 0 Å². The fraction of sp³-hybridized carbons (Fsp3) is 0.389. The zero-order chi connectivity index (χ0) is 17.4. The number of benzene rings is 1. The quantitative estimate of drug-likeness (QED) is 0.602. The van der Waals surface area contributed by atoms with E-state index in [9.17, 15) is 0 Å². The van der Waals surface area contributed by atoms with Gasteiger partial charge in [-0.25, -0.2) is 0 Å². The molecule has 24 heavy (non-hydrogen) atoms. The Balaban J connectivity index is 1.92. The van der Waals surface area contributed by atoms with Crippen LogP contribution in [0, 0.1) is 0 Å². The van der Waals surface area contributed by atoms with Gasteiger partial charge in [0.2, 0.25) is 0 Å². The van der Waals surface area contributed by atoms with Crippen LogP contribution in [0.15, 0.2) is 52.1 Å². The van der Waals surface area contributed by atoms with Crippen LogP contribution in [0.4, 0.5) is 0 Å². The molecule has 2 rings (SSSR count). The van der Waals surface area contributed by atoms with Crippen LogP contribution in [0.2, 0.25) is 0 Å². The molecule has 0 radical (unpaired) electrons. The number of guanidine groups is 1. The monoisotopic (exact) mass is 330 g/mol.